The molecule has 1 fully saturated rings. The smallest absolute Gasteiger partial charge is 0.126 e. The minimum atomic E-state index is -0.116. The molecule has 0 saturated carbocycles. The van der Waals surface area contributed by atoms with Gasteiger partial charge in [-0.2, -0.15) is 0 Å². The Labute approximate surface area is 121 Å². The molecule has 0 radical (unpaired) electrons. The first-order chi connectivity index (χ1) is 9.56. The summed E-state index contributed by atoms with van der Waals surface area (Å²) < 4.78 is 13.5. The molecular weight excluding hydrogens is 253 g/mol. The number of hydrogen-bond acceptors (Lipinski definition) is 3. The van der Waals surface area contributed by atoms with Crippen LogP contribution in [0.5, 0.6) is 0 Å². The summed E-state index contributed by atoms with van der Waals surface area (Å²) in [4.78, 5) is 4.84. The first-order valence-corrected chi connectivity index (χ1v) is 7.46. The average Bonchev–Trinajstić information content (AvgIpc) is 2.44. The Balaban J connectivity index is 1.74. The lowest BCUT2D eigenvalue weighted by Crippen LogP contribution is -2.46. The first kappa shape index (κ1) is 15.4. The Morgan fingerprint density at radius 1 is 1.25 bits per heavy atom. The van der Waals surface area contributed by atoms with E-state index in [1.807, 2.05) is 12.1 Å². The van der Waals surface area contributed by atoms with E-state index in [1.165, 1.54) is 0 Å². The molecule has 1 N–H and O–H groups in total. The Hall–Kier alpha value is -0.970. The first-order valence-electron chi connectivity index (χ1n) is 7.46. The summed E-state index contributed by atoms with van der Waals surface area (Å²) in [6, 6.07) is 5.69. The topological polar surface area (TPSA) is 18.5 Å². The zero-order valence-electron chi connectivity index (χ0n) is 12.8. The van der Waals surface area contributed by atoms with Crippen LogP contribution in [-0.4, -0.2) is 56.1 Å². The Bertz CT molecular complexity index is 428. The van der Waals surface area contributed by atoms with Crippen LogP contribution in [0.4, 0.5) is 4.39 Å². The monoisotopic (exact) mass is 279 g/mol. The molecule has 112 valence electrons. The molecule has 1 aromatic rings. The maximum atomic E-state index is 13.5. The van der Waals surface area contributed by atoms with Crippen molar-refractivity contribution in [2.75, 3.05) is 46.3 Å². The number of aryl methyl sites for hydroxylation is 1. The summed E-state index contributed by atoms with van der Waals surface area (Å²) in [5, 5.41) is 3.48. The molecule has 0 amide bonds. The van der Waals surface area contributed by atoms with Gasteiger partial charge in [0.1, 0.15) is 5.82 Å². The molecule has 1 aliphatic heterocycles. The van der Waals surface area contributed by atoms with Crippen molar-refractivity contribution in [1.29, 1.82) is 0 Å². The maximum absolute atomic E-state index is 13.5. The van der Waals surface area contributed by atoms with Crippen LogP contribution >= 0.6 is 0 Å². The summed E-state index contributed by atoms with van der Waals surface area (Å²) in [6.07, 6.45) is 0. The van der Waals surface area contributed by atoms with Gasteiger partial charge in [-0.25, -0.2) is 4.39 Å². The highest BCUT2D eigenvalue weighted by Crippen LogP contribution is 2.16. The van der Waals surface area contributed by atoms with Crippen molar-refractivity contribution in [2.45, 2.75) is 19.9 Å². The van der Waals surface area contributed by atoms with Gasteiger partial charge in [0, 0.05) is 45.3 Å². The van der Waals surface area contributed by atoms with Gasteiger partial charge >= 0.3 is 0 Å². The zero-order chi connectivity index (χ0) is 14.5. The maximum Gasteiger partial charge on any atom is 0.126 e. The van der Waals surface area contributed by atoms with Crippen molar-refractivity contribution in [1.82, 2.24) is 15.1 Å². The van der Waals surface area contributed by atoms with Gasteiger partial charge in [-0.3, -0.25) is 4.90 Å². The lowest BCUT2D eigenvalue weighted by atomic mass is 10.1. The lowest BCUT2D eigenvalue weighted by Gasteiger charge is -2.32. The largest absolute Gasteiger partial charge is 0.309 e. The molecule has 0 aliphatic carbocycles. The van der Waals surface area contributed by atoms with Crippen molar-refractivity contribution >= 4 is 0 Å². The molecule has 1 unspecified atom stereocenters. The van der Waals surface area contributed by atoms with Crippen molar-refractivity contribution in [3.8, 4) is 0 Å². The van der Waals surface area contributed by atoms with E-state index in [4.69, 9.17) is 0 Å². The van der Waals surface area contributed by atoms with Gasteiger partial charge in [0.2, 0.25) is 0 Å². The number of nitrogens with zero attached hydrogens (tertiary/aromatic N) is 2. The summed E-state index contributed by atoms with van der Waals surface area (Å²) in [5.74, 6) is -0.116. The number of piperazine rings is 1. The summed E-state index contributed by atoms with van der Waals surface area (Å²) in [5.41, 5.74) is 1.73. The Morgan fingerprint density at radius 2 is 1.95 bits per heavy atom. The standard InChI is InChI=1S/C16H26FN3/c1-13-4-5-15(12-16(13)17)14(2)18-6-7-20-10-8-19(3)9-11-20/h4-5,12,14,18H,6-11H2,1-3H3. The van der Waals surface area contributed by atoms with Crippen molar-refractivity contribution in [2.24, 2.45) is 0 Å². The number of halogens is 1. The molecule has 0 bridgehead atoms. The molecule has 0 spiro atoms. The van der Waals surface area contributed by atoms with Crippen molar-refractivity contribution in [3.63, 3.8) is 0 Å². The van der Waals surface area contributed by atoms with E-state index < -0.39 is 0 Å². The fourth-order valence-corrected chi connectivity index (χ4v) is 2.51. The van der Waals surface area contributed by atoms with Gasteiger partial charge in [0.25, 0.3) is 0 Å². The van der Waals surface area contributed by atoms with Crippen LogP contribution in [0.1, 0.15) is 24.1 Å². The molecule has 2 rings (SSSR count). The van der Waals surface area contributed by atoms with Crippen LogP contribution in [-0.2, 0) is 0 Å². The van der Waals surface area contributed by atoms with E-state index in [0.29, 0.717) is 5.56 Å². The molecular formula is C16H26FN3. The highest BCUT2D eigenvalue weighted by atomic mass is 19.1. The van der Waals surface area contributed by atoms with Crippen LogP contribution in [0.25, 0.3) is 0 Å². The highest BCUT2D eigenvalue weighted by Gasteiger charge is 2.13. The van der Waals surface area contributed by atoms with Gasteiger partial charge in [-0.1, -0.05) is 12.1 Å². The second-order valence-corrected chi connectivity index (χ2v) is 5.83. The van der Waals surface area contributed by atoms with Crippen LogP contribution in [0.15, 0.2) is 18.2 Å². The second kappa shape index (κ2) is 7.16. The number of benzene rings is 1. The van der Waals surface area contributed by atoms with E-state index in [2.05, 4.69) is 29.1 Å². The number of hydrogen-bond donors (Lipinski definition) is 1. The Morgan fingerprint density at radius 3 is 2.60 bits per heavy atom. The molecule has 1 atom stereocenters. The third kappa shape index (κ3) is 4.27. The van der Waals surface area contributed by atoms with E-state index in [1.54, 1.807) is 13.0 Å². The van der Waals surface area contributed by atoms with Gasteiger partial charge in [0.15, 0.2) is 0 Å². The molecule has 1 saturated heterocycles. The average molecular weight is 279 g/mol. The molecule has 1 heterocycles. The molecule has 1 aromatic carbocycles. The van der Waals surface area contributed by atoms with Crippen molar-refractivity contribution in [3.05, 3.63) is 35.1 Å². The summed E-state index contributed by atoms with van der Waals surface area (Å²) in [7, 11) is 2.17. The molecule has 3 nitrogen and oxygen atoms in total. The molecule has 0 aromatic heterocycles. The van der Waals surface area contributed by atoms with Crippen LogP contribution in [0, 0.1) is 12.7 Å². The third-order valence-corrected chi connectivity index (χ3v) is 4.17. The Kier molecular flexibility index (Phi) is 5.52. The third-order valence-electron chi connectivity index (χ3n) is 4.17. The predicted molar refractivity (Wildman–Crippen MR) is 81.5 cm³/mol. The van der Waals surface area contributed by atoms with E-state index >= 15 is 0 Å². The van der Waals surface area contributed by atoms with Gasteiger partial charge < -0.3 is 10.2 Å². The molecule has 1 aliphatic rings. The van der Waals surface area contributed by atoms with Crippen LogP contribution < -0.4 is 5.32 Å². The van der Waals surface area contributed by atoms with Crippen molar-refractivity contribution < 1.29 is 4.39 Å². The minimum Gasteiger partial charge on any atom is -0.309 e. The molecule has 20 heavy (non-hydrogen) atoms. The van der Waals surface area contributed by atoms with E-state index in [9.17, 15) is 4.39 Å². The number of likely N-dealkylation sites (N-methyl/N-ethyl adjacent to an activating group) is 1. The number of rotatable bonds is 5. The fourth-order valence-electron chi connectivity index (χ4n) is 2.51. The predicted octanol–water partition coefficient (Wildman–Crippen LogP) is 2.03. The minimum absolute atomic E-state index is 0.116. The van der Waals surface area contributed by atoms with Crippen LogP contribution in [0.2, 0.25) is 0 Å². The van der Waals surface area contributed by atoms with E-state index in [0.717, 1.165) is 44.8 Å². The second-order valence-electron chi connectivity index (χ2n) is 5.83. The summed E-state index contributed by atoms with van der Waals surface area (Å²) in [6.45, 7) is 10.5. The molecule has 4 heteroatoms. The number of nitrogens with one attached hydrogen (secondary N) is 1. The van der Waals surface area contributed by atoms with E-state index in [-0.39, 0.29) is 11.9 Å². The normalized spacial score (nSPS) is 19.2. The van der Waals surface area contributed by atoms with Crippen LogP contribution in [0.3, 0.4) is 0 Å². The highest BCUT2D eigenvalue weighted by molar-refractivity contribution is 5.25. The fraction of sp³-hybridized carbons (Fsp3) is 0.625. The SMILES string of the molecule is Cc1ccc(C(C)NCCN2CCN(C)CC2)cc1F. The lowest BCUT2D eigenvalue weighted by molar-refractivity contribution is 0.154. The van der Waals surface area contributed by atoms with Gasteiger partial charge in [-0.05, 0) is 38.1 Å². The quantitative estimate of drug-likeness (QED) is 0.890. The zero-order valence-corrected chi connectivity index (χ0v) is 12.8. The summed E-state index contributed by atoms with van der Waals surface area (Å²) >= 11 is 0. The van der Waals surface area contributed by atoms with Gasteiger partial charge in [0.05, 0.1) is 0 Å². The van der Waals surface area contributed by atoms with Gasteiger partial charge in [-0.15, -0.1) is 0 Å².